The largest absolute Gasteiger partial charge is 0.508 e. The molecule has 7 heteroatoms. The van der Waals surface area contributed by atoms with Gasteiger partial charge in [-0.05, 0) is 73.0 Å². The number of rotatable bonds is 4. The van der Waals surface area contributed by atoms with Crippen molar-refractivity contribution in [2.45, 2.75) is 13.8 Å². The molecule has 6 nitrogen and oxygen atoms in total. The molecule has 5 rings (SSSR count). The number of thiophene rings is 1. The molecular formula is C26H20N2O4S. The number of nitrogens with zero attached hydrogens (tertiary/aromatic N) is 1. The third kappa shape index (κ3) is 3.62. The molecule has 0 unspecified atom stereocenters. The molecule has 4 N–H and O–H groups in total. The molecule has 164 valence electrons. The maximum atomic E-state index is 13.8. The van der Waals surface area contributed by atoms with Gasteiger partial charge >= 0.3 is 0 Å². The zero-order chi connectivity index (χ0) is 23.3. The number of fused-ring (bicyclic) bond motifs is 1. The van der Waals surface area contributed by atoms with Gasteiger partial charge in [-0.25, -0.2) is 0 Å². The molecule has 0 fully saturated rings. The number of hydrogen-bond acceptors (Lipinski definition) is 7. The van der Waals surface area contributed by atoms with Crippen LogP contribution in [0.3, 0.4) is 0 Å². The molecule has 33 heavy (non-hydrogen) atoms. The van der Waals surface area contributed by atoms with Gasteiger partial charge in [-0.1, -0.05) is 12.1 Å². The minimum absolute atomic E-state index is 0.120. The van der Waals surface area contributed by atoms with Crippen molar-refractivity contribution in [2.75, 3.05) is 5.73 Å². The van der Waals surface area contributed by atoms with Gasteiger partial charge in [0, 0.05) is 26.8 Å². The van der Waals surface area contributed by atoms with E-state index in [1.807, 2.05) is 44.2 Å². The molecule has 0 amide bonds. The Morgan fingerprint density at radius 2 is 1.61 bits per heavy atom. The predicted molar refractivity (Wildman–Crippen MR) is 130 cm³/mol. The molecule has 0 radical (unpaired) electrons. The highest BCUT2D eigenvalue weighted by Crippen LogP contribution is 2.42. The highest BCUT2D eigenvalue weighted by atomic mass is 32.1. The van der Waals surface area contributed by atoms with Gasteiger partial charge < -0.3 is 20.4 Å². The van der Waals surface area contributed by atoms with Crippen molar-refractivity contribution >= 4 is 33.0 Å². The summed E-state index contributed by atoms with van der Waals surface area (Å²) in [6, 6.07) is 15.9. The SMILES string of the molecule is Cc1cc(O)cc(C)c1C(=O)c1sc2cc(O)ccc2c1-c1ccc(-c2nc(N)co2)cc1. The van der Waals surface area contributed by atoms with Gasteiger partial charge in [0.05, 0.1) is 4.88 Å². The number of aryl methyl sites for hydroxylation is 2. The number of anilines is 1. The number of aromatic nitrogens is 1. The number of nitrogen functional groups attached to an aromatic ring is 1. The summed E-state index contributed by atoms with van der Waals surface area (Å²) in [5.74, 6) is 0.884. The second kappa shape index (κ2) is 7.79. The summed E-state index contributed by atoms with van der Waals surface area (Å²) in [5, 5.41) is 20.8. The van der Waals surface area contributed by atoms with Crippen molar-refractivity contribution in [3.8, 4) is 34.1 Å². The number of nitrogens with two attached hydrogens (primary N) is 1. The number of hydrogen-bond donors (Lipinski definition) is 3. The lowest BCUT2D eigenvalue weighted by molar-refractivity contribution is 0.104. The van der Waals surface area contributed by atoms with Crippen molar-refractivity contribution < 1.29 is 19.4 Å². The third-order valence-corrected chi connectivity index (χ3v) is 6.72. The molecule has 0 bridgehead atoms. The zero-order valence-electron chi connectivity index (χ0n) is 17.9. The van der Waals surface area contributed by atoms with Gasteiger partial charge in [0.1, 0.15) is 17.8 Å². The first-order valence-electron chi connectivity index (χ1n) is 10.2. The Hall–Kier alpha value is -4.10. The monoisotopic (exact) mass is 456 g/mol. The molecule has 2 aromatic heterocycles. The summed E-state index contributed by atoms with van der Waals surface area (Å²) in [5.41, 5.74) is 10.1. The van der Waals surface area contributed by atoms with Gasteiger partial charge in [-0.2, -0.15) is 4.98 Å². The predicted octanol–water partition coefficient (Wildman–Crippen LogP) is 6.06. The Balaban J connectivity index is 1.69. The molecule has 0 aliphatic rings. The number of carbonyl (C=O) groups excluding carboxylic acids is 1. The van der Waals surface area contributed by atoms with Crippen molar-refractivity contribution in [3.05, 3.63) is 82.4 Å². The van der Waals surface area contributed by atoms with E-state index in [2.05, 4.69) is 4.98 Å². The van der Waals surface area contributed by atoms with Crippen molar-refractivity contribution in [1.82, 2.24) is 4.98 Å². The molecule has 0 aliphatic heterocycles. The molecule has 5 aromatic rings. The number of phenols is 2. The number of oxazole rings is 1. The summed E-state index contributed by atoms with van der Waals surface area (Å²) < 4.78 is 6.20. The Labute approximate surface area is 193 Å². The maximum absolute atomic E-state index is 13.8. The van der Waals surface area contributed by atoms with Crippen LogP contribution in [0.4, 0.5) is 5.82 Å². The van der Waals surface area contributed by atoms with Crippen molar-refractivity contribution in [3.63, 3.8) is 0 Å². The molecule has 0 saturated carbocycles. The Kier molecular flexibility index (Phi) is 4.91. The van der Waals surface area contributed by atoms with Gasteiger partial charge in [-0.3, -0.25) is 4.79 Å². The van der Waals surface area contributed by atoms with E-state index in [1.54, 1.807) is 24.3 Å². The normalized spacial score (nSPS) is 11.2. The van der Waals surface area contributed by atoms with Crippen LogP contribution in [-0.4, -0.2) is 21.0 Å². The molecule has 0 aliphatic carbocycles. The van der Waals surface area contributed by atoms with Gasteiger partial charge in [0.15, 0.2) is 5.82 Å². The fourth-order valence-electron chi connectivity index (χ4n) is 4.14. The molecule has 0 saturated heterocycles. The summed E-state index contributed by atoms with van der Waals surface area (Å²) in [6.07, 6.45) is 1.39. The number of aromatic hydroxyl groups is 2. The van der Waals surface area contributed by atoms with E-state index in [0.29, 0.717) is 33.3 Å². The van der Waals surface area contributed by atoms with Crippen LogP contribution in [0.2, 0.25) is 0 Å². The molecule has 0 spiro atoms. The van der Waals surface area contributed by atoms with Gasteiger partial charge in [-0.15, -0.1) is 11.3 Å². The maximum Gasteiger partial charge on any atom is 0.227 e. The van der Waals surface area contributed by atoms with E-state index in [4.69, 9.17) is 10.2 Å². The lowest BCUT2D eigenvalue weighted by Gasteiger charge is -2.11. The summed E-state index contributed by atoms with van der Waals surface area (Å²) in [4.78, 5) is 18.5. The second-order valence-electron chi connectivity index (χ2n) is 7.93. The number of ketones is 1. The van der Waals surface area contributed by atoms with Gasteiger partial charge in [0.2, 0.25) is 11.7 Å². The highest BCUT2D eigenvalue weighted by Gasteiger charge is 2.24. The van der Waals surface area contributed by atoms with E-state index in [0.717, 1.165) is 26.8 Å². The first-order chi connectivity index (χ1) is 15.8. The Morgan fingerprint density at radius 1 is 0.939 bits per heavy atom. The minimum atomic E-state index is -0.120. The summed E-state index contributed by atoms with van der Waals surface area (Å²) in [7, 11) is 0. The molecule has 0 atom stereocenters. The highest BCUT2D eigenvalue weighted by molar-refractivity contribution is 7.21. The fourth-order valence-corrected chi connectivity index (χ4v) is 5.35. The average Bonchev–Trinajstić information content (AvgIpc) is 3.36. The Morgan fingerprint density at radius 3 is 2.24 bits per heavy atom. The molecule has 3 aromatic carbocycles. The standard InChI is InChI=1S/C26H20N2O4S/c1-13-9-18(30)10-14(2)22(13)24(31)25-23(19-8-7-17(29)11-20(19)33-25)15-3-5-16(6-4-15)26-28-21(27)12-32-26/h3-12,29-30H,27H2,1-2H3. The van der Waals surface area contributed by atoms with Crippen molar-refractivity contribution in [1.29, 1.82) is 0 Å². The lowest BCUT2D eigenvalue weighted by atomic mass is 9.93. The van der Waals surface area contributed by atoms with Crippen LogP contribution in [0.1, 0.15) is 26.4 Å². The zero-order valence-corrected chi connectivity index (χ0v) is 18.7. The van der Waals surface area contributed by atoms with Crippen LogP contribution in [0.25, 0.3) is 32.7 Å². The van der Waals surface area contributed by atoms with E-state index >= 15 is 0 Å². The quantitative estimate of drug-likeness (QED) is 0.283. The smallest absolute Gasteiger partial charge is 0.227 e. The van der Waals surface area contributed by atoms with Crippen LogP contribution in [-0.2, 0) is 0 Å². The van der Waals surface area contributed by atoms with Crippen molar-refractivity contribution in [2.24, 2.45) is 0 Å². The first-order valence-corrected chi connectivity index (χ1v) is 11.1. The van der Waals surface area contributed by atoms with Crippen LogP contribution < -0.4 is 5.73 Å². The first kappa shape index (κ1) is 20.8. The molecular weight excluding hydrogens is 436 g/mol. The van der Waals surface area contributed by atoms with Crippen LogP contribution in [0, 0.1) is 13.8 Å². The van der Waals surface area contributed by atoms with Crippen LogP contribution >= 0.6 is 11.3 Å². The summed E-state index contributed by atoms with van der Waals surface area (Å²) >= 11 is 1.34. The number of benzene rings is 3. The van der Waals surface area contributed by atoms with Gasteiger partial charge in [0.25, 0.3) is 0 Å². The van der Waals surface area contributed by atoms with E-state index in [1.165, 1.54) is 17.6 Å². The van der Waals surface area contributed by atoms with E-state index < -0.39 is 0 Å². The number of phenolic OH excluding ortho intramolecular Hbond substituents is 2. The third-order valence-electron chi connectivity index (χ3n) is 5.57. The van der Waals surface area contributed by atoms with Crippen LogP contribution in [0.15, 0.2) is 65.3 Å². The number of carbonyl (C=O) groups is 1. The second-order valence-corrected chi connectivity index (χ2v) is 8.98. The van der Waals surface area contributed by atoms with E-state index in [9.17, 15) is 15.0 Å². The van der Waals surface area contributed by atoms with E-state index in [-0.39, 0.29) is 17.3 Å². The molecule has 2 heterocycles. The lowest BCUT2D eigenvalue weighted by Crippen LogP contribution is -2.06. The topological polar surface area (TPSA) is 110 Å². The Bertz CT molecular complexity index is 1510. The summed E-state index contributed by atoms with van der Waals surface area (Å²) in [6.45, 7) is 3.63. The average molecular weight is 457 g/mol. The minimum Gasteiger partial charge on any atom is -0.508 e. The van der Waals surface area contributed by atoms with Crippen LogP contribution in [0.5, 0.6) is 11.5 Å². The fraction of sp³-hybridized carbons (Fsp3) is 0.0769.